The largest absolute Gasteiger partial charge is 0.497 e. The fraction of sp³-hybridized carbons (Fsp3) is 0.467. The van der Waals surface area contributed by atoms with E-state index in [0.717, 1.165) is 25.3 Å². The van der Waals surface area contributed by atoms with E-state index < -0.39 is 11.7 Å². The minimum absolute atomic E-state index is 0.148. The van der Waals surface area contributed by atoms with Gasteiger partial charge in [-0.2, -0.15) is 13.2 Å². The number of halogens is 3. The second-order valence-corrected chi connectivity index (χ2v) is 4.73. The Morgan fingerprint density at radius 3 is 2.30 bits per heavy atom. The highest BCUT2D eigenvalue weighted by Gasteiger charge is 2.36. The molecule has 20 heavy (non-hydrogen) atoms. The topological polar surface area (TPSA) is 18.5 Å². The van der Waals surface area contributed by atoms with Gasteiger partial charge in [0.1, 0.15) is 11.5 Å². The fourth-order valence-electron chi connectivity index (χ4n) is 2.49. The molecule has 1 aliphatic rings. The van der Waals surface area contributed by atoms with Crippen molar-refractivity contribution in [3.05, 3.63) is 29.3 Å². The number of ether oxygens (including phenoxy) is 2. The molecule has 0 bridgehead atoms. The predicted molar refractivity (Wildman–Crippen MR) is 71.0 cm³/mol. The molecule has 0 fully saturated rings. The number of allylic oxidation sites excluding steroid dienone is 2. The van der Waals surface area contributed by atoms with Crippen LogP contribution in [0, 0.1) is 0 Å². The molecule has 0 saturated carbocycles. The molecule has 5 heteroatoms. The zero-order valence-electron chi connectivity index (χ0n) is 11.5. The van der Waals surface area contributed by atoms with Crippen molar-refractivity contribution in [1.82, 2.24) is 0 Å². The van der Waals surface area contributed by atoms with Gasteiger partial charge in [0.2, 0.25) is 0 Å². The first-order valence-electron chi connectivity index (χ1n) is 6.50. The Balaban J connectivity index is 2.65. The molecule has 0 N–H and O–H groups in total. The summed E-state index contributed by atoms with van der Waals surface area (Å²) in [4.78, 5) is 0. The minimum Gasteiger partial charge on any atom is -0.497 e. The Hall–Kier alpha value is -1.65. The van der Waals surface area contributed by atoms with Crippen LogP contribution in [-0.2, 0) is 6.18 Å². The average molecular weight is 286 g/mol. The second-order valence-electron chi connectivity index (χ2n) is 4.73. The van der Waals surface area contributed by atoms with E-state index in [1.165, 1.54) is 20.3 Å². The number of methoxy groups -OCH3 is 2. The smallest absolute Gasteiger partial charge is 0.417 e. The molecule has 0 spiro atoms. The standard InChI is InChI=1S/C15H17F3O2/c1-19-11-8-12(15(16,17)18)14(13(9-11)20-2)10-6-4-3-5-7-10/h6,8-9H,3-5,7H2,1-2H3. The van der Waals surface area contributed by atoms with Gasteiger partial charge in [-0.1, -0.05) is 6.08 Å². The molecular weight excluding hydrogens is 269 g/mol. The summed E-state index contributed by atoms with van der Waals surface area (Å²) in [5.74, 6) is 0.360. The van der Waals surface area contributed by atoms with Crippen LogP contribution in [0.1, 0.15) is 36.8 Å². The first-order chi connectivity index (χ1) is 9.47. The maximum atomic E-state index is 13.3. The van der Waals surface area contributed by atoms with Crippen molar-refractivity contribution in [2.45, 2.75) is 31.9 Å². The molecule has 0 unspecified atom stereocenters. The Bertz CT molecular complexity index is 519. The lowest BCUT2D eigenvalue weighted by molar-refractivity contribution is -0.138. The lowest BCUT2D eigenvalue weighted by Gasteiger charge is -2.21. The summed E-state index contributed by atoms with van der Waals surface area (Å²) < 4.78 is 50.0. The van der Waals surface area contributed by atoms with Gasteiger partial charge in [0.05, 0.1) is 19.8 Å². The first kappa shape index (κ1) is 14.8. The average Bonchev–Trinajstić information content (AvgIpc) is 2.45. The molecule has 0 aliphatic heterocycles. The molecule has 1 aromatic rings. The van der Waals surface area contributed by atoms with Crippen molar-refractivity contribution >= 4 is 5.57 Å². The van der Waals surface area contributed by atoms with Gasteiger partial charge in [0, 0.05) is 11.6 Å². The molecule has 2 rings (SSSR count). The van der Waals surface area contributed by atoms with E-state index in [1.54, 1.807) is 0 Å². The Morgan fingerprint density at radius 2 is 1.80 bits per heavy atom. The monoisotopic (exact) mass is 286 g/mol. The number of hydrogen-bond donors (Lipinski definition) is 0. The first-order valence-corrected chi connectivity index (χ1v) is 6.50. The van der Waals surface area contributed by atoms with Crippen LogP contribution in [0.2, 0.25) is 0 Å². The van der Waals surface area contributed by atoms with Crippen LogP contribution >= 0.6 is 0 Å². The predicted octanol–water partition coefficient (Wildman–Crippen LogP) is 4.68. The van der Waals surface area contributed by atoms with Crippen LogP contribution in [0.4, 0.5) is 13.2 Å². The van der Waals surface area contributed by atoms with Crippen molar-refractivity contribution in [3.63, 3.8) is 0 Å². The van der Waals surface area contributed by atoms with Gasteiger partial charge in [0.25, 0.3) is 0 Å². The van der Waals surface area contributed by atoms with Gasteiger partial charge < -0.3 is 9.47 Å². The highest BCUT2D eigenvalue weighted by atomic mass is 19.4. The van der Waals surface area contributed by atoms with Crippen molar-refractivity contribution < 1.29 is 22.6 Å². The molecule has 1 aliphatic carbocycles. The third-order valence-electron chi connectivity index (χ3n) is 3.45. The maximum absolute atomic E-state index is 13.3. The van der Waals surface area contributed by atoms with Crippen LogP contribution < -0.4 is 9.47 Å². The third-order valence-corrected chi connectivity index (χ3v) is 3.45. The summed E-state index contributed by atoms with van der Waals surface area (Å²) in [5, 5.41) is 0. The van der Waals surface area contributed by atoms with Crippen LogP contribution in [0.5, 0.6) is 11.5 Å². The quantitative estimate of drug-likeness (QED) is 0.803. The van der Waals surface area contributed by atoms with E-state index in [-0.39, 0.29) is 17.1 Å². The van der Waals surface area contributed by atoms with Gasteiger partial charge >= 0.3 is 6.18 Å². The van der Waals surface area contributed by atoms with Crippen molar-refractivity contribution in [2.75, 3.05) is 14.2 Å². The summed E-state index contributed by atoms with van der Waals surface area (Å²) in [6, 6.07) is 2.54. The normalized spacial score (nSPS) is 15.8. The van der Waals surface area contributed by atoms with Gasteiger partial charge in [-0.3, -0.25) is 0 Å². The number of alkyl halides is 3. The molecule has 0 radical (unpaired) electrons. The Labute approximate surface area is 116 Å². The van der Waals surface area contributed by atoms with E-state index in [0.29, 0.717) is 12.0 Å². The number of hydrogen-bond acceptors (Lipinski definition) is 2. The van der Waals surface area contributed by atoms with E-state index in [1.807, 2.05) is 6.08 Å². The van der Waals surface area contributed by atoms with E-state index in [9.17, 15) is 13.2 Å². The fourth-order valence-corrected chi connectivity index (χ4v) is 2.49. The SMILES string of the molecule is COc1cc(OC)c(C2=CCCCC2)c(C(F)(F)F)c1. The van der Waals surface area contributed by atoms with E-state index in [2.05, 4.69) is 0 Å². The lowest BCUT2D eigenvalue weighted by atomic mass is 9.89. The van der Waals surface area contributed by atoms with Gasteiger partial charge in [0.15, 0.2) is 0 Å². The van der Waals surface area contributed by atoms with E-state index in [4.69, 9.17) is 9.47 Å². The van der Waals surface area contributed by atoms with Gasteiger partial charge in [-0.15, -0.1) is 0 Å². The highest BCUT2D eigenvalue weighted by molar-refractivity contribution is 5.75. The summed E-state index contributed by atoms with van der Waals surface area (Å²) in [7, 11) is 2.72. The molecule has 110 valence electrons. The van der Waals surface area contributed by atoms with Crippen LogP contribution in [-0.4, -0.2) is 14.2 Å². The second kappa shape index (κ2) is 5.77. The molecule has 0 heterocycles. The van der Waals surface area contributed by atoms with Crippen molar-refractivity contribution in [3.8, 4) is 11.5 Å². The van der Waals surface area contributed by atoms with Gasteiger partial charge in [-0.25, -0.2) is 0 Å². The van der Waals surface area contributed by atoms with Gasteiger partial charge in [-0.05, 0) is 37.3 Å². The highest BCUT2D eigenvalue weighted by Crippen LogP contribution is 2.44. The number of benzene rings is 1. The summed E-state index contributed by atoms with van der Waals surface area (Å²) in [5.41, 5.74) is 0.172. The zero-order chi connectivity index (χ0) is 14.8. The molecule has 0 atom stereocenters. The third kappa shape index (κ3) is 2.92. The van der Waals surface area contributed by atoms with Crippen molar-refractivity contribution in [1.29, 1.82) is 0 Å². The molecule has 0 aromatic heterocycles. The van der Waals surface area contributed by atoms with Crippen LogP contribution in [0.15, 0.2) is 18.2 Å². The minimum atomic E-state index is -4.44. The Kier molecular flexibility index (Phi) is 4.26. The van der Waals surface area contributed by atoms with Crippen molar-refractivity contribution in [2.24, 2.45) is 0 Å². The zero-order valence-corrected chi connectivity index (χ0v) is 11.5. The summed E-state index contributed by atoms with van der Waals surface area (Å²) >= 11 is 0. The van der Waals surface area contributed by atoms with E-state index >= 15 is 0 Å². The van der Waals surface area contributed by atoms with Crippen LogP contribution in [0.3, 0.4) is 0 Å². The Morgan fingerprint density at radius 1 is 1.05 bits per heavy atom. The van der Waals surface area contributed by atoms with Crippen LogP contribution in [0.25, 0.3) is 5.57 Å². The molecule has 2 nitrogen and oxygen atoms in total. The summed E-state index contributed by atoms with van der Waals surface area (Å²) in [6.07, 6.45) is 0.813. The summed E-state index contributed by atoms with van der Waals surface area (Å²) in [6.45, 7) is 0. The molecule has 1 aromatic carbocycles. The lowest BCUT2D eigenvalue weighted by Crippen LogP contribution is -2.11. The molecule has 0 amide bonds. The molecular formula is C15H17F3O2. The number of rotatable bonds is 3. The molecule has 0 saturated heterocycles. The maximum Gasteiger partial charge on any atom is 0.417 e.